The van der Waals surface area contributed by atoms with E-state index >= 15 is 0 Å². The molecule has 138 valence electrons. The molecule has 0 atom stereocenters. The van der Waals surface area contributed by atoms with Crippen LogP contribution in [0.4, 0.5) is 17.6 Å². The van der Waals surface area contributed by atoms with Crippen molar-refractivity contribution >= 4 is 5.91 Å². The fraction of sp³-hybridized carbons (Fsp3) is 0.111. The van der Waals surface area contributed by atoms with Gasteiger partial charge in [-0.05, 0) is 35.9 Å². The molecule has 0 saturated heterocycles. The molecule has 0 aliphatic rings. The zero-order valence-electron chi connectivity index (χ0n) is 13.7. The normalized spacial score (nSPS) is 11.3. The van der Waals surface area contributed by atoms with Crippen LogP contribution in [0.5, 0.6) is 0 Å². The molecule has 9 heteroatoms. The van der Waals surface area contributed by atoms with Gasteiger partial charge in [0.05, 0.1) is 11.1 Å². The van der Waals surface area contributed by atoms with Crippen molar-refractivity contribution in [2.24, 2.45) is 0 Å². The van der Waals surface area contributed by atoms with Crippen molar-refractivity contribution < 1.29 is 22.4 Å². The number of pyridine rings is 1. The SMILES string of the molecule is O=C(NCc1cc(F)ccc1C(F)(F)F)c1cnc(-c2ccncc2)nc1. The molecule has 0 aliphatic heterocycles. The van der Waals surface area contributed by atoms with Gasteiger partial charge in [-0.1, -0.05) is 0 Å². The number of nitrogens with one attached hydrogen (secondary N) is 1. The van der Waals surface area contributed by atoms with Crippen molar-refractivity contribution in [1.29, 1.82) is 0 Å². The Hall–Kier alpha value is -3.36. The van der Waals surface area contributed by atoms with Gasteiger partial charge in [-0.2, -0.15) is 13.2 Å². The van der Waals surface area contributed by atoms with Gasteiger partial charge in [0.2, 0.25) is 0 Å². The van der Waals surface area contributed by atoms with E-state index in [0.29, 0.717) is 17.5 Å². The lowest BCUT2D eigenvalue weighted by molar-refractivity contribution is -0.138. The molecule has 1 amide bonds. The number of aromatic nitrogens is 3. The number of hydrogen-bond acceptors (Lipinski definition) is 4. The molecule has 0 saturated carbocycles. The second-order valence-corrected chi connectivity index (χ2v) is 5.51. The van der Waals surface area contributed by atoms with E-state index < -0.39 is 30.0 Å². The van der Waals surface area contributed by atoms with Crippen LogP contribution in [0.3, 0.4) is 0 Å². The quantitative estimate of drug-likeness (QED) is 0.706. The van der Waals surface area contributed by atoms with Crippen LogP contribution in [0.1, 0.15) is 21.5 Å². The van der Waals surface area contributed by atoms with Crippen molar-refractivity contribution in [3.63, 3.8) is 0 Å². The van der Waals surface area contributed by atoms with Crippen molar-refractivity contribution in [2.75, 3.05) is 0 Å². The number of alkyl halides is 3. The molecule has 2 heterocycles. The first-order valence-electron chi connectivity index (χ1n) is 7.71. The Balaban J connectivity index is 1.73. The smallest absolute Gasteiger partial charge is 0.348 e. The third-order valence-corrected chi connectivity index (χ3v) is 3.66. The molecule has 27 heavy (non-hydrogen) atoms. The summed E-state index contributed by atoms with van der Waals surface area (Å²) in [5, 5.41) is 2.32. The zero-order chi connectivity index (χ0) is 19.4. The molecule has 3 aromatic rings. The minimum atomic E-state index is -4.65. The van der Waals surface area contributed by atoms with E-state index in [1.54, 1.807) is 24.5 Å². The number of hydrogen-bond donors (Lipinski definition) is 1. The molecule has 0 aliphatic carbocycles. The molecule has 0 unspecified atom stereocenters. The van der Waals surface area contributed by atoms with Gasteiger partial charge in [0.25, 0.3) is 5.91 Å². The summed E-state index contributed by atoms with van der Waals surface area (Å²) in [7, 11) is 0. The zero-order valence-corrected chi connectivity index (χ0v) is 13.7. The number of nitrogens with zero attached hydrogens (tertiary/aromatic N) is 3. The highest BCUT2D eigenvalue weighted by Gasteiger charge is 2.33. The predicted molar refractivity (Wildman–Crippen MR) is 87.8 cm³/mol. The number of carbonyl (C=O) groups is 1. The first kappa shape index (κ1) is 18.4. The number of rotatable bonds is 4. The van der Waals surface area contributed by atoms with Gasteiger partial charge in [0, 0.05) is 36.9 Å². The van der Waals surface area contributed by atoms with Crippen LogP contribution in [0.2, 0.25) is 0 Å². The average molecular weight is 376 g/mol. The lowest BCUT2D eigenvalue weighted by Gasteiger charge is -2.13. The fourth-order valence-electron chi connectivity index (χ4n) is 2.36. The second-order valence-electron chi connectivity index (χ2n) is 5.51. The number of benzene rings is 1. The minimum absolute atomic E-state index is 0.0674. The van der Waals surface area contributed by atoms with Crippen LogP contribution < -0.4 is 5.32 Å². The van der Waals surface area contributed by atoms with Gasteiger partial charge in [-0.25, -0.2) is 14.4 Å². The molecule has 1 N–H and O–H groups in total. The van der Waals surface area contributed by atoms with Crippen molar-refractivity contribution in [1.82, 2.24) is 20.3 Å². The molecular weight excluding hydrogens is 364 g/mol. The summed E-state index contributed by atoms with van der Waals surface area (Å²) in [6.45, 7) is -0.489. The largest absolute Gasteiger partial charge is 0.416 e. The third kappa shape index (κ3) is 4.43. The minimum Gasteiger partial charge on any atom is -0.348 e. The van der Waals surface area contributed by atoms with Gasteiger partial charge in [-0.15, -0.1) is 0 Å². The number of halogens is 4. The van der Waals surface area contributed by atoms with Crippen LogP contribution in [0, 0.1) is 5.82 Å². The third-order valence-electron chi connectivity index (χ3n) is 3.66. The predicted octanol–water partition coefficient (Wildman–Crippen LogP) is 3.63. The van der Waals surface area contributed by atoms with Gasteiger partial charge < -0.3 is 5.32 Å². The highest BCUT2D eigenvalue weighted by molar-refractivity contribution is 5.93. The maximum absolute atomic E-state index is 13.3. The van der Waals surface area contributed by atoms with E-state index in [4.69, 9.17) is 0 Å². The summed E-state index contributed by atoms with van der Waals surface area (Å²) in [6, 6.07) is 5.49. The molecule has 0 radical (unpaired) electrons. The highest BCUT2D eigenvalue weighted by atomic mass is 19.4. The van der Waals surface area contributed by atoms with E-state index in [9.17, 15) is 22.4 Å². The summed E-state index contributed by atoms with van der Waals surface area (Å²) < 4.78 is 52.2. The van der Waals surface area contributed by atoms with Gasteiger partial charge in [-0.3, -0.25) is 9.78 Å². The van der Waals surface area contributed by atoms with E-state index in [1.165, 1.54) is 12.4 Å². The topological polar surface area (TPSA) is 67.8 Å². The molecular formula is C18H12F4N4O. The monoisotopic (exact) mass is 376 g/mol. The molecule has 0 spiro atoms. The highest BCUT2D eigenvalue weighted by Crippen LogP contribution is 2.32. The maximum atomic E-state index is 13.3. The first-order valence-corrected chi connectivity index (χ1v) is 7.71. The van der Waals surface area contributed by atoms with Crippen LogP contribution in [0.15, 0.2) is 55.1 Å². The first-order chi connectivity index (χ1) is 12.8. The van der Waals surface area contributed by atoms with E-state index in [2.05, 4.69) is 20.3 Å². The molecule has 0 bridgehead atoms. The number of carbonyl (C=O) groups excluding carboxylic acids is 1. The maximum Gasteiger partial charge on any atom is 0.416 e. The molecule has 5 nitrogen and oxygen atoms in total. The fourth-order valence-corrected chi connectivity index (χ4v) is 2.36. The Bertz CT molecular complexity index is 944. The summed E-state index contributed by atoms with van der Waals surface area (Å²) >= 11 is 0. The van der Waals surface area contributed by atoms with Crippen molar-refractivity contribution in [3.05, 3.63) is 77.6 Å². The van der Waals surface area contributed by atoms with Crippen molar-refractivity contribution in [2.45, 2.75) is 12.7 Å². The van der Waals surface area contributed by atoms with Crippen LogP contribution in [0.25, 0.3) is 11.4 Å². The lowest BCUT2D eigenvalue weighted by atomic mass is 10.1. The summed E-state index contributed by atoms with van der Waals surface area (Å²) in [4.78, 5) is 24.1. The molecule has 0 fully saturated rings. The Labute approximate surface area is 151 Å². The Morgan fingerprint density at radius 3 is 2.33 bits per heavy atom. The van der Waals surface area contributed by atoms with Gasteiger partial charge in [0.1, 0.15) is 5.82 Å². The van der Waals surface area contributed by atoms with Crippen LogP contribution in [-0.2, 0) is 12.7 Å². The summed E-state index contributed by atoms with van der Waals surface area (Å²) in [5.41, 5.74) is -0.608. The molecule has 1 aromatic carbocycles. The van der Waals surface area contributed by atoms with Crippen LogP contribution in [-0.4, -0.2) is 20.9 Å². The van der Waals surface area contributed by atoms with Crippen LogP contribution >= 0.6 is 0 Å². The van der Waals surface area contributed by atoms with Crippen molar-refractivity contribution in [3.8, 4) is 11.4 Å². The van der Waals surface area contributed by atoms with Gasteiger partial charge >= 0.3 is 6.18 Å². The standard InChI is InChI=1S/C18H12F4N4O/c19-14-1-2-15(18(20,21)22)12(7-14)8-26-17(27)13-9-24-16(25-10-13)11-3-5-23-6-4-11/h1-7,9-10H,8H2,(H,26,27). The van der Waals surface area contributed by atoms with E-state index in [-0.39, 0.29) is 11.1 Å². The average Bonchev–Trinajstić information content (AvgIpc) is 2.66. The molecule has 2 aromatic heterocycles. The van der Waals surface area contributed by atoms with Gasteiger partial charge in [0.15, 0.2) is 5.82 Å². The van der Waals surface area contributed by atoms with E-state index in [0.717, 1.165) is 12.1 Å². The Kier molecular flexibility index (Phi) is 5.11. The lowest BCUT2D eigenvalue weighted by Crippen LogP contribution is -2.25. The van der Waals surface area contributed by atoms with E-state index in [1.807, 2.05) is 0 Å². The Morgan fingerprint density at radius 2 is 1.70 bits per heavy atom. The second kappa shape index (κ2) is 7.48. The Morgan fingerprint density at radius 1 is 1.04 bits per heavy atom. The summed E-state index contributed by atoms with van der Waals surface area (Å²) in [6.07, 6.45) is 0.999. The summed E-state index contributed by atoms with van der Waals surface area (Å²) in [5.74, 6) is -1.12. The molecule has 3 rings (SSSR count). The number of amides is 1.